The van der Waals surface area contributed by atoms with E-state index in [-0.39, 0.29) is 0 Å². The third kappa shape index (κ3) is 3.27. The zero-order valence-corrected chi connectivity index (χ0v) is 16.0. The zero-order chi connectivity index (χ0) is 18.2. The smallest absolute Gasteiger partial charge is 0.229 e. The summed E-state index contributed by atoms with van der Waals surface area (Å²) in [6.07, 6.45) is 0. The van der Waals surface area contributed by atoms with E-state index < -0.39 is 18.2 Å². The highest BCUT2D eigenvalue weighted by molar-refractivity contribution is 7.94. The van der Waals surface area contributed by atoms with Crippen LogP contribution in [0.2, 0.25) is 0 Å². The Balaban J connectivity index is 2.52. The molecule has 2 aromatic carbocycles. The SMILES string of the molecule is Cc1ccc(C(=O)P(C)(=O)C(=O)c2c(C)cc(C)cc2C)c(C)c1. The summed E-state index contributed by atoms with van der Waals surface area (Å²) < 4.78 is 13.1. The van der Waals surface area contributed by atoms with Crippen LogP contribution in [-0.4, -0.2) is 17.7 Å². The topological polar surface area (TPSA) is 51.2 Å². The van der Waals surface area contributed by atoms with Gasteiger partial charge in [-0.2, -0.15) is 0 Å². The molecule has 0 radical (unpaired) electrons. The molecule has 0 saturated carbocycles. The van der Waals surface area contributed by atoms with Gasteiger partial charge < -0.3 is 4.57 Å². The van der Waals surface area contributed by atoms with E-state index in [0.29, 0.717) is 11.1 Å². The van der Waals surface area contributed by atoms with Crippen LogP contribution >= 0.6 is 7.14 Å². The Morgan fingerprint density at radius 3 is 1.75 bits per heavy atom. The maximum Gasteiger partial charge on any atom is 0.229 e. The summed E-state index contributed by atoms with van der Waals surface area (Å²) in [4.78, 5) is 25.7. The standard InChI is InChI=1S/C20H23O3P/c1-12-7-8-17(14(3)9-12)19(21)24(6,23)20(22)18-15(4)10-13(2)11-16(18)5/h7-11H,1-6H3. The molecule has 1 unspecified atom stereocenters. The average molecular weight is 342 g/mol. The van der Waals surface area contributed by atoms with Crippen LogP contribution in [0.25, 0.3) is 0 Å². The first-order chi connectivity index (χ1) is 11.1. The van der Waals surface area contributed by atoms with Crippen molar-refractivity contribution in [1.82, 2.24) is 0 Å². The van der Waals surface area contributed by atoms with Crippen LogP contribution in [0, 0.1) is 34.6 Å². The second kappa shape index (κ2) is 6.49. The monoisotopic (exact) mass is 342 g/mol. The van der Waals surface area contributed by atoms with Gasteiger partial charge in [-0.15, -0.1) is 0 Å². The van der Waals surface area contributed by atoms with Gasteiger partial charge in [0.2, 0.25) is 18.2 Å². The molecular weight excluding hydrogens is 319 g/mol. The van der Waals surface area contributed by atoms with Crippen LogP contribution in [-0.2, 0) is 4.57 Å². The minimum Gasteiger partial charge on any atom is -0.307 e. The van der Waals surface area contributed by atoms with Crippen molar-refractivity contribution in [1.29, 1.82) is 0 Å². The lowest BCUT2D eigenvalue weighted by Gasteiger charge is -2.16. The molecule has 0 fully saturated rings. The van der Waals surface area contributed by atoms with Crippen molar-refractivity contribution in [3.63, 3.8) is 0 Å². The highest BCUT2D eigenvalue weighted by atomic mass is 31.2. The Bertz CT molecular complexity index is 871. The molecule has 2 rings (SSSR count). The van der Waals surface area contributed by atoms with Crippen LogP contribution in [0.4, 0.5) is 0 Å². The number of benzene rings is 2. The Morgan fingerprint density at radius 1 is 0.750 bits per heavy atom. The molecule has 0 aromatic heterocycles. The van der Waals surface area contributed by atoms with Crippen molar-refractivity contribution >= 4 is 18.2 Å². The van der Waals surface area contributed by atoms with E-state index in [4.69, 9.17) is 0 Å². The molecule has 0 spiro atoms. The third-order valence-corrected chi connectivity index (χ3v) is 6.29. The van der Waals surface area contributed by atoms with Crippen molar-refractivity contribution in [3.8, 4) is 0 Å². The third-order valence-electron chi connectivity index (χ3n) is 4.28. The minimum absolute atomic E-state index is 0.363. The molecular formula is C20H23O3P. The van der Waals surface area contributed by atoms with Gasteiger partial charge in [-0.3, -0.25) is 9.59 Å². The van der Waals surface area contributed by atoms with Crippen molar-refractivity contribution in [2.75, 3.05) is 6.66 Å². The molecule has 24 heavy (non-hydrogen) atoms. The quantitative estimate of drug-likeness (QED) is 0.717. The minimum atomic E-state index is -3.71. The molecule has 1 atom stereocenters. The van der Waals surface area contributed by atoms with E-state index in [2.05, 4.69) is 0 Å². The van der Waals surface area contributed by atoms with Crippen LogP contribution in [0.5, 0.6) is 0 Å². The van der Waals surface area contributed by atoms with E-state index in [9.17, 15) is 14.2 Å². The Morgan fingerprint density at radius 2 is 1.25 bits per heavy atom. The van der Waals surface area contributed by atoms with Gasteiger partial charge in [-0.05, 0) is 51.3 Å². The van der Waals surface area contributed by atoms with Gasteiger partial charge in [0.15, 0.2) is 0 Å². The highest BCUT2D eigenvalue weighted by Gasteiger charge is 2.37. The van der Waals surface area contributed by atoms with Gasteiger partial charge in [0.25, 0.3) is 0 Å². The van der Waals surface area contributed by atoms with E-state index >= 15 is 0 Å². The molecule has 0 N–H and O–H groups in total. The molecule has 0 aliphatic rings. The number of aryl methyl sites for hydroxylation is 5. The molecule has 3 nitrogen and oxygen atoms in total. The summed E-state index contributed by atoms with van der Waals surface area (Å²) in [6.45, 7) is 10.6. The summed E-state index contributed by atoms with van der Waals surface area (Å²) in [5.41, 5.74) is 3.96. The second-order valence-corrected chi connectivity index (χ2v) is 9.29. The molecule has 0 saturated heterocycles. The highest BCUT2D eigenvalue weighted by Crippen LogP contribution is 2.49. The molecule has 0 aliphatic heterocycles. The average Bonchev–Trinajstić information content (AvgIpc) is 2.45. The van der Waals surface area contributed by atoms with Gasteiger partial charge in [-0.25, -0.2) is 0 Å². The normalized spacial score (nSPS) is 13.4. The second-order valence-electron chi connectivity index (χ2n) is 6.63. The lowest BCUT2D eigenvalue weighted by atomic mass is 10.0. The molecule has 0 bridgehead atoms. The first-order valence-electron chi connectivity index (χ1n) is 7.88. The van der Waals surface area contributed by atoms with Crippen molar-refractivity contribution in [2.24, 2.45) is 0 Å². The molecule has 0 amide bonds. The number of carbonyl (C=O) groups is 2. The van der Waals surface area contributed by atoms with E-state index in [1.807, 2.05) is 45.9 Å². The zero-order valence-electron chi connectivity index (χ0n) is 15.1. The fourth-order valence-electron chi connectivity index (χ4n) is 3.11. The van der Waals surface area contributed by atoms with Crippen LogP contribution in [0.15, 0.2) is 30.3 Å². The van der Waals surface area contributed by atoms with E-state index in [1.54, 1.807) is 19.1 Å². The number of hydrogen-bond donors (Lipinski definition) is 0. The van der Waals surface area contributed by atoms with Gasteiger partial charge in [-0.1, -0.05) is 41.5 Å². The van der Waals surface area contributed by atoms with E-state index in [1.165, 1.54) is 6.66 Å². The summed E-state index contributed by atoms with van der Waals surface area (Å²) in [6, 6.07) is 9.07. The summed E-state index contributed by atoms with van der Waals surface area (Å²) in [5, 5.41) is 0. The Labute approximate surface area is 143 Å². The maximum absolute atomic E-state index is 13.1. The molecule has 2 aromatic rings. The van der Waals surface area contributed by atoms with Gasteiger partial charge in [0.05, 0.1) is 0 Å². The molecule has 126 valence electrons. The fraction of sp³-hybridized carbons (Fsp3) is 0.300. The lowest BCUT2D eigenvalue weighted by Crippen LogP contribution is -2.13. The van der Waals surface area contributed by atoms with Crippen LogP contribution < -0.4 is 0 Å². The van der Waals surface area contributed by atoms with Gasteiger partial charge in [0.1, 0.15) is 0 Å². The predicted octanol–water partition coefficient (Wildman–Crippen LogP) is 5.20. The van der Waals surface area contributed by atoms with Crippen LogP contribution in [0.3, 0.4) is 0 Å². The lowest BCUT2D eigenvalue weighted by molar-refractivity contribution is 0.103. The Kier molecular flexibility index (Phi) is 4.96. The fourth-order valence-corrected chi connectivity index (χ4v) is 4.78. The van der Waals surface area contributed by atoms with Crippen LogP contribution in [0.1, 0.15) is 48.5 Å². The van der Waals surface area contributed by atoms with Gasteiger partial charge >= 0.3 is 0 Å². The van der Waals surface area contributed by atoms with Gasteiger partial charge in [0, 0.05) is 17.8 Å². The number of rotatable bonds is 4. The van der Waals surface area contributed by atoms with E-state index in [0.717, 1.165) is 27.8 Å². The largest absolute Gasteiger partial charge is 0.307 e. The summed E-state index contributed by atoms with van der Waals surface area (Å²) >= 11 is 0. The summed E-state index contributed by atoms with van der Waals surface area (Å²) in [5.74, 6) is 0. The predicted molar refractivity (Wildman–Crippen MR) is 98.8 cm³/mol. The number of hydrogen-bond acceptors (Lipinski definition) is 3. The first kappa shape index (κ1) is 18.4. The molecule has 4 heteroatoms. The first-order valence-corrected chi connectivity index (χ1v) is 10.0. The van der Waals surface area contributed by atoms with Crippen molar-refractivity contribution < 1.29 is 14.2 Å². The molecule has 0 heterocycles. The maximum atomic E-state index is 13.1. The Hall–Kier alpha value is -1.99. The van der Waals surface area contributed by atoms with Crippen molar-refractivity contribution in [2.45, 2.75) is 34.6 Å². The molecule has 0 aliphatic carbocycles. The summed E-state index contributed by atoms with van der Waals surface area (Å²) in [7, 11) is -3.71. The van der Waals surface area contributed by atoms with Crippen molar-refractivity contribution in [3.05, 3.63) is 69.3 Å². The number of carbonyl (C=O) groups excluding carboxylic acids is 2.